The van der Waals surface area contributed by atoms with E-state index in [9.17, 15) is 24.3 Å². The van der Waals surface area contributed by atoms with Crippen molar-refractivity contribution in [2.24, 2.45) is 0 Å². The first kappa shape index (κ1) is 27.7. The molecule has 14 heteroatoms. The largest absolute Gasteiger partial charge is 0.478 e. The van der Waals surface area contributed by atoms with Crippen LogP contribution in [0.15, 0.2) is 48.8 Å². The van der Waals surface area contributed by atoms with Gasteiger partial charge in [0.2, 0.25) is 11.8 Å². The van der Waals surface area contributed by atoms with E-state index in [1.165, 1.54) is 29.2 Å². The Morgan fingerprint density at radius 1 is 1.10 bits per heavy atom. The quantitative estimate of drug-likeness (QED) is 0.415. The molecule has 0 radical (unpaired) electrons. The van der Waals surface area contributed by atoms with E-state index in [-0.39, 0.29) is 54.7 Å². The highest BCUT2D eigenvalue weighted by atomic mass is 16.5. The summed E-state index contributed by atoms with van der Waals surface area (Å²) in [6, 6.07) is 10.7. The molecule has 2 atom stereocenters. The van der Waals surface area contributed by atoms with Crippen molar-refractivity contribution >= 4 is 23.7 Å². The van der Waals surface area contributed by atoms with Gasteiger partial charge in [0.15, 0.2) is 0 Å². The zero-order valence-corrected chi connectivity index (χ0v) is 22.1. The normalized spacial score (nSPS) is 19.7. The Balaban J connectivity index is 1.34. The van der Waals surface area contributed by atoms with E-state index in [0.717, 1.165) is 5.56 Å². The van der Waals surface area contributed by atoms with Gasteiger partial charge in [0.1, 0.15) is 17.8 Å². The number of likely N-dealkylation sites (tertiary alicyclic amines) is 1. The van der Waals surface area contributed by atoms with Crippen LogP contribution >= 0.6 is 0 Å². The minimum atomic E-state index is -1.19. The maximum Gasteiger partial charge on any atom is 0.335 e. The van der Waals surface area contributed by atoms with Crippen molar-refractivity contribution in [1.29, 1.82) is 0 Å². The number of aromatic carboxylic acids is 1. The molecule has 3 heterocycles. The lowest BCUT2D eigenvalue weighted by Gasteiger charge is -2.20. The van der Waals surface area contributed by atoms with Crippen LogP contribution in [-0.2, 0) is 27.5 Å². The van der Waals surface area contributed by atoms with E-state index >= 15 is 0 Å². The number of hydrogen-bond acceptors (Lipinski definition) is 9. The zero-order valence-electron chi connectivity index (χ0n) is 22.1. The molecule has 0 spiro atoms. The molecule has 1 aromatic heterocycles. The van der Waals surface area contributed by atoms with Crippen LogP contribution in [0.2, 0.25) is 0 Å². The first-order valence-corrected chi connectivity index (χ1v) is 13.2. The lowest BCUT2D eigenvalue weighted by Crippen LogP contribution is -2.44. The average molecular weight is 564 g/mol. The van der Waals surface area contributed by atoms with Gasteiger partial charge in [0, 0.05) is 38.0 Å². The number of ether oxygens (including phenoxy) is 2. The van der Waals surface area contributed by atoms with Crippen LogP contribution in [0.3, 0.4) is 0 Å². The topological polar surface area (TPSA) is 178 Å². The van der Waals surface area contributed by atoms with Crippen LogP contribution < -0.4 is 15.4 Å². The van der Waals surface area contributed by atoms with Crippen molar-refractivity contribution in [3.8, 4) is 11.5 Å². The van der Waals surface area contributed by atoms with Gasteiger partial charge in [0.05, 0.1) is 30.9 Å². The Bertz CT molecular complexity index is 1430. The Morgan fingerprint density at radius 3 is 2.78 bits per heavy atom. The van der Waals surface area contributed by atoms with Gasteiger partial charge in [-0.25, -0.2) is 9.48 Å². The maximum absolute atomic E-state index is 12.9. The molecule has 3 amide bonds. The molecular weight excluding hydrogens is 534 g/mol. The fraction of sp³-hybridized carbons (Fsp3) is 0.370. The Kier molecular flexibility index (Phi) is 8.48. The predicted molar refractivity (Wildman–Crippen MR) is 141 cm³/mol. The summed E-state index contributed by atoms with van der Waals surface area (Å²) >= 11 is 0. The minimum Gasteiger partial charge on any atom is -0.478 e. The average Bonchev–Trinajstić information content (AvgIpc) is 3.62. The van der Waals surface area contributed by atoms with E-state index in [4.69, 9.17) is 9.47 Å². The SMILES string of the molecule is O=C1CCCNC(=O)c2cc(cc(C(=O)O)c2)Oc2cccc(c2)CO[C@H]2CN(C(=O)CCn3cnnn3)C[C@@H]2N1. The van der Waals surface area contributed by atoms with Gasteiger partial charge in [-0.1, -0.05) is 12.1 Å². The summed E-state index contributed by atoms with van der Waals surface area (Å²) in [4.78, 5) is 51.8. The highest BCUT2D eigenvalue weighted by molar-refractivity contribution is 5.98. The second-order valence-corrected chi connectivity index (χ2v) is 9.81. The van der Waals surface area contributed by atoms with Crippen LogP contribution in [0.4, 0.5) is 0 Å². The molecule has 214 valence electrons. The van der Waals surface area contributed by atoms with Crippen LogP contribution in [0.5, 0.6) is 11.5 Å². The number of tetrazole rings is 1. The molecule has 5 rings (SSSR count). The molecule has 3 N–H and O–H groups in total. The molecule has 0 aliphatic carbocycles. The molecule has 1 saturated heterocycles. The first-order chi connectivity index (χ1) is 19.8. The van der Waals surface area contributed by atoms with Gasteiger partial charge in [-0.3, -0.25) is 14.4 Å². The lowest BCUT2D eigenvalue weighted by atomic mass is 10.1. The number of aryl methyl sites for hydroxylation is 1. The van der Waals surface area contributed by atoms with Crippen molar-refractivity contribution in [3.63, 3.8) is 0 Å². The predicted octanol–water partition coefficient (Wildman–Crippen LogP) is 0.990. The minimum absolute atomic E-state index is 0.0924. The number of hydrogen-bond donors (Lipinski definition) is 3. The smallest absolute Gasteiger partial charge is 0.335 e. The monoisotopic (exact) mass is 563 g/mol. The van der Waals surface area contributed by atoms with Gasteiger partial charge in [-0.05, 0) is 52.7 Å². The third-order valence-corrected chi connectivity index (χ3v) is 6.79. The molecular formula is C27H29N7O7. The highest BCUT2D eigenvalue weighted by Crippen LogP contribution is 2.26. The number of fused-ring (bicyclic) bond motifs is 5. The number of aromatic nitrogens is 4. The zero-order chi connectivity index (χ0) is 28.8. The number of rotatable bonds is 4. The van der Waals surface area contributed by atoms with Crippen LogP contribution in [0.25, 0.3) is 0 Å². The molecule has 4 bridgehead atoms. The molecule has 41 heavy (non-hydrogen) atoms. The van der Waals surface area contributed by atoms with E-state index < -0.39 is 24.0 Å². The number of benzene rings is 2. The van der Waals surface area contributed by atoms with Crippen molar-refractivity contribution in [1.82, 2.24) is 35.7 Å². The molecule has 1 fully saturated rings. The van der Waals surface area contributed by atoms with Crippen molar-refractivity contribution in [2.45, 2.75) is 44.6 Å². The highest BCUT2D eigenvalue weighted by Gasteiger charge is 2.36. The number of carboxylic acids is 1. The van der Waals surface area contributed by atoms with Gasteiger partial charge in [-0.2, -0.15) is 0 Å². The summed E-state index contributed by atoms with van der Waals surface area (Å²) in [5.74, 6) is -1.39. The summed E-state index contributed by atoms with van der Waals surface area (Å²) < 4.78 is 13.6. The number of carbonyl (C=O) groups excluding carboxylic acids is 3. The van der Waals surface area contributed by atoms with Gasteiger partial charge in [0.25, 0.3) is 5.91 Å². The van der Waals surface area contributed by atoms with Crippen molar-refractivity contribution in [2.75, 3.05) is 19.6 Å². The summed E-state index contributed by atoms with van der Waals surface area (Å²) in [7, 11) is 0. The van der Waals surface area contributed by atoms with Crippen LogP contribution in [0.1, 0.15) is 45.5 Å². The van der Waals surface area contributed by atoms with E-state index in [2.05, 4.69) is 26.2 Å². The van der Waals surface area contributed by atoms with Gasteiger partial charge >= 0.3 is 5.97 Å². The van der Waals surface area contributed by atoms with Crippen LogP contribution in [-0.4, -0.2) is 85.7 Å². The molecule has 2 aliphatic heterocycles. The molecule has 3 aromatic rings. The second-order valence-electron chi connectivity index (χ2n) is 9.81. The van der Waals surface area contributed by atoms with Crippen molar-refractivity contribution < 1.29 is 33.8 Å². The second kappa shape index (κ2) is 12.6. The number of nitrogens with one attached hydrogen (secondary N) is 2. The van der Waals surface area contributed by atoms with E-state index in [0.29, 0.717) is 31.8 Å². The standard InChI is InChI=1S/C27H29N7O7/c35-24-5-2-7-28-26(37)18-10-19(27(38)39)12-21(11-18)41-20-4-1-3-17(9-20)15-40-23-14-33(13-22(23)30-24)25(36)6-8-34-16-29-31-32-34/h1,3-4,9-12,16,22-23H,2,5-8,13-15H2,(H,28,37)(H,30,35)(H,38,39)/t22-,23-/m0/s1. The number of carboxylic acid groups (broad SMARTS) is 1. The lowest BCUT2D eigenvalue weighted by molar-refractivity contribution is -0.131. The van der Waals surface area contributed by atoms with Gasteiger partial charge < -0.3 is 30.1 Å². The maximum atomic E-state index is 12.9. The summed E-state index contributed by atoms with van der Waals surface area (Å²) in [5.41, 5.74) is 0.804. The number of carbonyl (C=O) groups is 4. The Labute approximate surface area is 234 Å². The third-order valence-electron chi connectivity index (χ3n) is 6.79. The molecule has 2 aliphatic rings. The number of amides is 3. The summed E-state index contributed by atoms with van der Waals surface area (Å²) in [5, 5.41) is 26.1. The molecule has 0 unspecified atom stereocenters. The van der Waals surface area contributed by atoms with E-state index in [1.807, 2.05) is 6.07 Å². The third kappa shape index (κ3) is 7.22. The molecule has 2 aromatic carbocycles. The summed E-state index contributed by atoms with van der Waals surface area (Å²) in [6.07, 6.45) is 1.69. The van der Waals surface area contributed by atoms with Crippen molar-refractivity contribution in [3.05, 3.63) is 65.5 Å². The Hall–Kier alpha value is -4.85. The number of nitrogens with zero attached hydrogens (tertiary/aromatic N) is 5. The fourth-order valence-corrected chi connectivity index (χ4v) is 4.72. The first-order valence-electron chi connectivity index (χ1n) is 13.2. The van der Waals surface area contributed by atoms with Crippen LogP contribution in [0, 0.1) is 0 Å². The summed E-state index contributed by atoms with van der Waals surface area (Å²) in [6.45, 7) is 1.32. The molecule has 0 saturated carbocycles. The molecule has 14 nitrogen and oxygen atoms in total. The fourth-order valence-electron chi connectivity index (χ4n) is 4.72. The van der Waals surface area contributed by atoms with E-state index in [1.54, 1.807) is 23.1 Å². The van der Waals surface area contributed by atoms with Gasteiger partial charge in [-0.15, -0.1) is 5.10 Å². The Morgan fingerprint density at radius 2 is 1.98 bits per heavy atom.